The Bertz CT molecular complexity index is 1880. The molecule has 0 amide bonds. The standard InChI is InChI=1S/C33H28F2N4O6S/c1-3-43-29(41)13-7-20-4-8-22(9-5-20)46(42)23-10-12-27(24(17-23)32-37-14-15-39(32)2)44-31-25(34)19-38-33(30(31)35)45-28-16-21(18-36)6-11-26(28)40/h4-6,8-12,16-17,19,40H,3,7,13-15H2,1-2H3. The van der Waals surface area contributed by atoms with Crippen LogP contribution in [-0.2, 0) is 26.8 Å². The van der Waals surface area contributed by atoms with E-state index in [2.05, 4.69) is 9.98 Å². The lowest BCUT2D eigenvalue weighted by Gasteiger charge is -2.19. The average molecular weight is 647 g/mol. The van der Waals surface area contributed by atoms with Gasteiger partial charge in [-0.15, -0.1) is 0 Å². The topological polar surface area (TPSA) is 134 Å². The Balaban J connectivity index is 1.44. The zero-order valence-corrected chi connectivity index (χ0v) is 25.6. The van der Waals surface area contributed by atoms with E-state index in [4.69, 9.17) is 19.5 Å². The smallest absolute Gasteiger partial charge is 0.306 e. The van der Waals surface area contributed by atoms with Gasteiger partial charge < -0.3 is 24.2 Å². The molecule has 13 heteroatoms. The number of carbonyl (C=O) groups excluding carboxylic acids is 1. The van der Waals surface area contributed by atoms with Crippen molar-refractivity contribution in [2.45, 2.75) is 29.6 Å². The van der Waals surface area contributed by atoms with E-state index < -0.39 is 34.1 Å². The molecule has 0 spiro atoms. The van der Waals surface area contributed by atoms with Crippen molar-refractivity contribution < 1.29 is 37.1 Å². The molecule has 0 saturated heterocycles. The number of phenols is 1. The minimum Gasteiger partial charge on any atom is -0.504 e. The summed E-state index contributed by atoms with van der Waals surface area (Å²) in [6.07, 6.45) is 1.42. The Morgan fingerprint density at radius 1 is 1.07 bits per heavy atom. The van der Waals surface area contributed by atoms with Gasteiger partial charge in [0.05, 0.1) is 47.3 Å². The van der Waals surface area contributed by atoms with Gasteiger partial charge in [0.25, 0.3) is 5.88 Å². The van der Waals surface area contributed by atoms with Crippen LogP contribution in [-0.4, -0.2) is 57.7 Å². The van der Waals surface area contributed by atoms with Gasteiger partial charge in [-0.2, -0.15) is 9.65 Å². The maximum Gasteiger partial charge on any atom is 0.306 e. The Morgan fingerprint density at radius 3 is 2.52 bits per heavy atom. The van der Waals surface area contributed by atoms with Crippen molar-refractivity contribution in [2.75, 3.05) is 26.7 Å². The second-order valence-corrected chi connectivity index (χ2v) is 11.5. The number of amidine groups is 1. The molecule has 0 radical (unpaired) electrons. The number of hydrogen-bond acceptors (Lipinski definition) is 10. The van der Waals surface area contributed by atoms with Crippen LogP contribution < -0.4 is 9.47 Å². The largest absolute Gasteiger partial charge is 0.504 e. The SMILES string of the molecule is CCOC(=O)CCc1ccc(S(=O)c2ccc(Oc3c(F)cnc(Oc4cc(C#N)ccc4O)c3F)c(C3=NCCN3C)c2)cc1. The molecule has 0 saturated carbocycles. The average Bonchev–Trinajstić information content (AvgIpc) is 3.49. The molecule has 1 aliphatic heterocycles. The maximum absolute atomic E-state index is 15.6. The first-order chi connectivity index (χ1) is 22.2. The van der Waals surface area contributed by atoms with Crippen LogP contribution in [0.4, 0.5) is 8.78 Å². The van der Waals surface area contributed by atoms with E-state index >= 15 is 4.39 Å². The number of aryl methyl sites for hydroxylation is 1. The van der Waals surface area contributed by atoms with Gasteiger partial charge >= 0.3 is 5.97 Å². The minimum atomic E-state index is -1.63. The van der Waals surface area contributed by atoms with Gasteiger partial charge in [0.2, 0.25) is 11.6 Å². The number of carbonyl (C=O) groups is 1. The number of nitrogens with zero attached hydrogens (tertiary/aromatic N) is 4. The lowest BCUT2D eigenvalue weighted by atomic mass is 10.1. The number of nitriles is 1. The zero-order chi connectivity index (χ0) is 32.8. The molecule has 5 rings (SSSR count). The number of phenolic OH excluding ortho intramolecular Hbond substituents is 1. The minimum absolute atomic E-state index is 0.0341. The predicted molar refractivity (Wildman–Crippen MR) is 164 cm³/mol. The van der Waals surface area contributed by atoms with Crippen molar-refractivity contribution in [3.8, 4) is 34.9 Å². The van der Waals surface area contributed by atoms with Crippen molar-refractivity contribution in [1.82, 2.24) is 9.88 Å². The molecule has 0 fully saturated rings. The molecule has 236 valence electrons. The molecule has 1 N–H and O–H groups in total. The van der Waals surface area contributed by atoms with Crippen LogP contribution in [0.3, 0.4) is 0 Å². The van der Waals surface area contributed by atoms with E-state index in [1.165, 1.54) is 30.3 Å². The molecule has 1 aliphatic rings. The van der Waals surface area contributed by atoms with Crippen LogP contribution >= 0.6 is 0 Å². The molecule has 2 heterocycles. The fourth-order valence-corrected chi connectivity index (χ4v) is 5.66. The number of ether oxygens (including phenoxy) is 3. The Labute approximate surface area is 266 Å². The van der Waals surface area contributed by atoms with Crippen molar-refractivity contribution in [2.24, 2.45) is 4.99 Å². The van der Waals surface area contributed by atoms with Crippen molar-refractivity contribution in [3.63, 3.8) is 0 Å². The Morgan fingerprint density at radius 2 is 1.83 bits per heavy atom. The maximum atomic E-state index is 15.6. The van der Waals surface area contributed by atoms with E-state index in [9.17, 15) is 18.5 Å². The number of aromatic hydroxyl groups is 1. The van der Waals surface area contributed by atoms with Crippen LogP contribution in [0.25, 0.3) is 0 Å². The van der Waals surface area contributed by atoms with E-state index in [1.54, 1.807) is 44.3 Å². The van der Waals surface area contributed by atoms with Gasteiger partial charge in [-0.3, -0.25) is 9.79 Å². The first-order valence-corrected chi connectivity index (χ1v) is 15.3. The van der Waals surface area contributed by atoms with Crippen LogP contribution in [0.1, 0.15) is 30.0 Å². The van der Waals surface area contributed by atoms with Crippen LogP contribution in [0, 0.1) is 23.0 Å². The van der Waals surface area contributed by atoms with Crippen molar-refractivity contribution in [1.29, 1.82) is 5.26 Å². The van der Waals surface area contributed by atoms with E-state index in [0.717, 1.165) is 5.56 Å². The lowest BCUT2D eigenvalue weighted by Crippen LogP contribution is -2.24. The van der Waals surface area contributed by atoms with E-state index in [-0.39, 0.29) is 35.2 Å². The Kier molecular flexibility index (Phi) is 9.88. The molecule has 1 atom stereocenters. The summed E-state index contributed by atoms with van der Waals surface area (Å²) in [5, 5.41) is 19.2. The monoisotopic (exact) mass is 646 g/mol. The number of rotatable bonds is 11. The van der Waals surface area contributed by atoms with Crippen molar-refractivity contribution in [3.05, 3.63) is 95.2 Å². The van der Waals surface area contributed by atoms with Crippen LogP contribution in [0.15, 0.2) is 81.6 Å². The third-order valence-electron chi connectivity index (χ3n) is 6.93. The number of pyridine rings is 1. The number of likely N-dealkylation sites (N-methyl/N-ethyl adjacent to an activating group) is 1. The summed E-state index contributed by atoms with van der Waals surface area (Å²) in [5.41, 5.74) is 1.38. The first kappa shape index (κ1) is 32.1. The molecule has 3 aromatic carbocycles. The quantitative estimate of drug-likeness (QED) is 0.198. The number of halogens is 2. The summed E-state index contributed by atoms with van der Waals surface area (Å²) in [6.45, 7) is 3.14. The van der Waals surface area contributed by atoms with Gasteiger partial charge in [0.1, 0.15) is 11.6 Å². The van der Waals surface area contributed by atoms with E-state index in [0.29, 0.717) is 53.5 Å². The third kappa shape index (κ3) is 7.13. The number of esters is 1. The third-order valence-corrected chi connectivity index (χ3v) is 8.31. The predicted octanol–water partition coefficient (Wildman–Crippen LogP) is 5.88. The highest BCUT2D eigenvalue weighted by Gasteiger charge is 2.25. The highest BCUT2D eigenvalue weighted by Crippen LogP contribution is 2.38. The lowest BCUT2D eigenvalue weighted by molar-refractivity contribution is -0.143. The normalized spacial score (nSPS) is 13.1. The van der Waals surface area contributed by atoms with E-state index in [1.807, 2.05) is 11.0 Å². The molecule has 1 unspecified atom stereocenters. The fraction of sp³-hybridized carbons (Fsp3) is 0.212. The fourth-order valence-electron chi connectivity index (χ4n) is 4.58. The second kappa shape index (κ2) is 14.2. The van der Waals surface area contributed by atoms with Gasteiger partial charge in [-0.25, -0.2) is 13.6 Å². The number of benzene rings is 3. The summed E-state index contributed by atoms with van der Waals surface area (Å²) in [5.74, 6) is -4.34. The molecule has 0 bridgehead atoms. The highest BCUT2D eigenvalue weighted by molar-refractivity contribution is 7.85. The van der Waals surface area contributed by atoms with Crippen LogP contribution in [0.2, 0.25) is 0 Å². The summed E-state index contributed by atoms with van der Waals surface area (Å²) in [4.78, 5) is 22.6. The number of aliphatic imine (C=N–C) groups is 1. The van der Waals surface area contributed by atoms with Crippen LogP contribution in [0.5, 0.6) is 28.9 Å². The van der Waals surface area contributed by atoms with Crippen molar-refractivity contribution >= 4 is 22.6 Å². The molecular formula is C33H28F2N4O6S. The summed E-state index contributed by atoms with van der Waals surface area (Å²) < 4.78 is 60.2. The molecule has 1 aromatic heterocycles. The zero-order valence-electron chi connectivity index (χ0n) is 24.8. The van der Waals surface area contributed by atoms with Gasteiger partial charge in [-0.1, -0.05) is 12.1 Å². The highest BCUT2D eigenvalue weighted by atomic mass is 32.2. The molecule has 0 aliphatic carbocycles. The second-order valence-electron chi connectivity index (χ2n) is 10.1. The number of aromatic nitrogens is 1. The van der Waals surface area contributed by atoms with Gasteiger partial charge in [0.15, 0.2) is 17.3 Å². The molecular weight excluding hydrogens is 618 g/mol. The van der Waals surface area contributed by atoms with Gasteiger partial charge in [-0.05, 0) is 61.4 Å². The summed E-state index contributed by atoms with van der Waals surface area (Å²) in [7, 11) is 0.168. The summed E-state index contributed by atoms with van der Waals surface area (Å²) in [6, 6.07) is 17.2. The molecule has 46 heavy (non-hydrogen) atoms. The van der Waals surface area contributed by atoms with Gasteiger partial charge in [0, 0.05) is 35.9 Å². The number of hydrogen-bond donors (Lipinski definition) is 1. The molecule has 10 nitrogen and oxygen atoms in total. The first-order valence-electron chi connectivity index (χ1n) is 14.2. The summed E-state index contributed by atoms with van der Waals surface area (Å²) >= 11 is 0. The Hall–Kier alpha value is -5.35. The molecule has 4 aromatic rings.